The minimum Gasteiger partial charge on any atom is -0.454 e. The number of amides is 3. The van der Waals surface area contributed by atoms with Crippen molar-refractivity contribution in [2.75, 3.05) is 47.1 Å². The zero-order chi connectivity index (χ0) is 15.7. The van der Waals surface area contributed by atoms with E-state index in [2.05, 4.69) is 0 Å². The predicted octanol–water partition coefficient (Wildman–Crippen LogP) is 0.855. The lowest BCUT2D eigenvalue weighted by Gasteiger charge is -2.36. The van der Waals surface area contributed by atoms with Gasteiger partial charge in [-0.3, -0.25) is 4.79 Å². The van der Waals surface area contributed by atoms with Crippen molar-refractivity contribution in [2.24, 2.45) is 0 Å². The largest absolute Gasteiger partial charge is 0.454 e. The summed E-state index contributed by atoms with van der Waals surface area (Å²) in [5.41, 5.74) is 0.580. The summed E-state index contributed by atoms with van der Waals surface area (Å²) in [6.07, 6.45) is 0. The lowest BCUT2D eigenvalue weighted by molar-refractivity contribution is 0.0650. The standard InChI is InChI=1S/C15H19N3O4/c1-16(2)15(20)18-7-5-17(6-8-18)14(19)11-3-4-12-13(9-11)22-10-21-12/h3-4,9H,5-8,10H2,1-2H3. The van der Waals surface area contributed by atoms with Crippen LogP contribution in [-0.2, 0) is 0 Å². The second-order valence-corrected chi connectivity index (χ2v) is 5.52. The molecule has 1 aromatic carbocycles. The van der Waals surface area contributed by atoms with Gasteiger partial charge in [-0.1, -0.05) is 0 Å². The fraction of sp³-hybridized carbons (Fsp3) is 0.467. The van der Waals surface area contributed by atoms with Crippen molar-refractivity contribution in [3.63, 3.8) is 0 Å². The van der Waals surface area contributed by atoms with E-state index in [1.54, 1.807) is 47.0 Å². The van der Waals surface area contributed by atoms with Crippen molar-refractivity contribution in [2.45, 2.75) is 0 Å². The summed E-state index contributed by atoms with van der Waals surface area (Å²) in [7, 11) is 3.46. The maximum atomic E-state index is 12.5. The van der Waals surface area contributed by atoms with Gasteiger partial charge in [0, 0.05) is 45.8 Å². The number of carbonyl (C=O) groups is 2. The third kappa shape index (κ3) is 2.66. The van der Waals surface area contributed by atoms with Crippen LogP contribution in [0.3, 0.4) is 0 Å². The molecule has 0 aromatic heterocycles. The summed E-state index contributed by atoms with van der Waals surface area (Å²) in [4.78, 5) is 29.5. The molecule has 1 fully saturated rings. The minimum atomic E-state index is -0.0461. The van der Waals surface area contributed by atoms with E-state index in [1.165, 1.54) is 0 Å². The number of hydrogen-bond acceptors (Lipinski definition) is 4. The number of urea groups is 1. The number of benzene rings is 1. The minimum absolute atomic E-state index is 0.0184. The molecular weight excluding hydrogens is 286 g/mol. The van der Waals surface area contributed by atoms with Crippen molar-refractivity contribution in [1.82, 2.24) is 14.7 Å². The summed E-state index contributed by atoms with van der Waals surface area (Å²) in [6, 6.07) is 5.19. The van der Waals surface area contributed by atoms with Gasteiger partial charge in [0.15, 0.2) is 11.5 Å². The van der Waals surface area contributed by atoms with Crippen LogP contribution in [0.5, 0.6) is 11.5 Å². The Bertz CT molecular complexity index is 594. The average Bonchev–Trinajstić information content (AvgIpc) is 3.01. The first-order chi connectivity index (χ1) is 10.6. The van der Waals surface area contributed by atoms with E-state index in [9.17, 15) is 9.59 Å². The van der Waals surface area contributed by atoms with Crippen LogP contribution in [-0.4, -0.2) is 73.7 Å². The molecule has 2 aliphatic heterocycles. The van der Waals surface area contributed by atoms with Crippen molar-refractivity contribution in [3.05, 3.63) is 23.8 Å². The Labute approximate surface area is 129 Å². The zero-order valence-corrected chi connectivity index (χ0v) is 12.7. The van der Waals surface area contributed by atoms with Gasteiger partial charge in [-0.25, -0.2) is 4.79 Å². The van der Waals surface area contributed by atoms with Crippen molar-refractivity contribution in [3.8, 4) is 11.5 Å². The first-order valence-electron chi connectivity index (χ1n) is 7.21. The lowest BCUT2D eigenvalue weighted by Crippen LogP contribution is -2.52. The van der Waals surface area contributed by atoms with Crippen molar-refractivity contribution >= 4 is 11.9 Å². The van der Waals surface area contributed by atoms with E-state index in [0.29, 0.717) is 43.2 Å². The Morgan fingerprint density at radius 1 is 1.00 bits per heavy atom. The van der Waals surface area contributed by atoms with Gasteiger partial charge in [0.1, 0.15) is 0 Å². The summed E-state index contributed by atoms with van der Waals surface area (Å²) >= 11 is 0. The lowest BCUT2D eigenvalue weighted by atomic mass is 10.1. The molecule has 1 aromatic rings. The van der Waals surface area contributed by atoms with E-state index in [4.69, 9.17) is 9.47 Å². The second kappa shape index (κ2) is 5.75. The highest BCUT2D eigenvalue weighted by atomic mass is 16.7. The highest BCUT2D eigenvalue weighted by Gasteiger charge is 2.26. The molecule has 0 radical (unpaired) electrons. The monoisotopic (exact) mass is 305 g/mol. The maximum Gasteiger partial charge on any atom is 0.319 e. The van der Waals surface area contributed by atoms with Gasteiger partial charge >= 0.3 is 6.03 Å². The third-order valence-electron chi connectivity index (χ3n) is 3.84. The molecule has 1 saturated heterocycles. The molecule has 3 rings (SSSR count). The van der Waals surface area contributed by atoms with Crippen LogP contribution in [0, 0.1) is 0 Å². The average molecular weight is 305 g/mol. The summed E-state index contributed by atoms with van der Waals surface area (Å²) in [5, 5.41) is 0. The Balaban J connectivity index is 1.64. The normalized spacial score (nSPS) is 16.6. The number of hydrogen-bond donors (Lipinski definition) is 0. The molecule has 0 unspecified atom stereocenters. The van der Waals surface area contributed by atoms with Crippen LogP contribution >= 0.6 is 0 Å². The SMILES string of the molecule is CN(C)C(=O)N1CCN(C(=O)c2ccc3c(c2)OCO3)CC1. The third-order valence-corrected chi connectivity index (χ3v) is 3.84. The molecule has 118 valence electrons. The van der Waals surface area contributed by atoms with Gasteiger partial charge in [-0.2, -0.15) is 0 Å². The Morgan fingerprint density at radius 2 is 1.64 bits per heavy atom. The molecule has 2 aliphatic rings. The van der Waals surface area contributed by atoms with Gasteiger partial charge in [-0.05, 0) is 18.2 Å². The number of piperazine rings is 1. The highest BCUT2D eigenvalue weighted by Crippen LogP contribution is 2.32. The topological polar surface area (TPSA) is 62.3 Å². The molecule has 0 atom stereocenters. The van der Waals surface area contributed by atoms with E-state index in [1.807, 2.05) is 0 Å². The van der Waals surface area contributed by atoms with Gasteiger partial charge in [0.25, 0.3) is 5.91 Å². The van der Waals surface area contributed by atoms with Gasteiger partial charge in [-0.15, -0.1) is 0 Å². The van der Waals surface area contributed by atoms with E-state index < -0.39 is 0 Å². The van der Waals surface area contributed by atoms with Gasteiger partial charge in [0.05, 0.1) is 0 Å². The molecule has 3 amide bonds. The first kappa shape index (κ1) is 14.5. The Hall–Kier alpha value is -2.44. The van der Waals surface area contributed by atoms with Crippen LogP contribution in [0.15, 0.2) is 18.2 Å². The smallest absolute Gasteiger partial charge is 0.319 e. The van der Waals surface area contributed by atoms with Gasteiger partial charge < -0.3 is 24.2 Å². The summed E-state index contributed by atoms with van der Waals surface area (Å²) in [6.45, 7) is 2.36. The molecule has 0 saturated carbocycles. The number of nitrogens with zero attached hydrogens (tertiary/aromatic N) is 3. The second-order valence-electron chi connectivity index (χ2n) is 5.52. The molecule has 2 heterocycles. The molecule has 7 nitrogen and oxygen atoms in total. The fourth-order valence-corrected chi connectivity index (χ4v) is 2.60. The van der Waals surface area contributed by atoms with Crippen LogP contribution in [0.4, 0.5) is 4.79 Å². The van der Waals surface area contributed by atoms with Crippen LogP contribution < -0.4 is 9.47 Å². The van der Waals surface area contributed by atoms with Crippen molar-refractivity contribution < 1.29 is 19.1 Å². The van der Waals surface area contributed by atoms with Crippen molar-refractivity contribution in [1.29, 1.82) is 0 Å². The number of rotatable bonds is 1. The zero-order valence-electron chi connectivity index (χ0n) is 12.7. The molecule has 7 heteroatoms. The van der Waals surface area contributed by atoms with Gasteiger partial charge in [0.2, 0.25) is 6.79 Å². The Kier molecular flexibility index (Phi) is 3.79. The van der Waals surface area contributed by atoms with E-state index in [0.717, 1.165) is 0 Å². The first-order valence-corrected chi connectivity index (χ1v) is 7.21. The van der Waals surface area contributed by atoms with E-state index in [-0.39, 0.29) is 18.7 Å². The summed E-state index contributed by atoms with van der Waals surface area (Å²) in [5.74, 6) is 1.22. The van der Waals surface area contributed by atoms with E-state index >= 15 is 0 Å². The maximum absolute atomic E-state index is 12.5. The number of carbonyl (C=O) groups excluding carboxylic acids is 2. The predicted molar refractivity (Wildman–Crippen MR) is 79.1 cm³/mol. The van der Waals surface area contributed by atoms with Crippen LogP contribution in [0.2, 0.25) is 0 Å². The summed E-state index contributed by atoms with van der Waals surface area (Å²) < 4.78 is 10.5. The fourth-order valence-electron chi connectivity index (χ4n) is 2.60. The molecule has 22 heavy (non-hydrogen) atoms. The Morgan fingerprint density at radius 3 is 2.32 bits per heavy atom. The molecule has 0 N–H and O–H groups in total. The van der Waals surface area contributed by atoms with Crippen LogP contribution in [0.25, 0.3) is 0 Å². The molecular formula is C15H19N3O4. The highest BCUT2D eigenvalue weighted by molar-refractivity contribution is 5.95. The molecule has 0 aliphatic carbocycles. The molecule has 0 bridgehead atoms. The van der Waals surface area contributed by atoms with Crippen LogP contribution in [0.1, 0.15) is 10.4 Å². The number of ether oxygens (including phenoxy) is 2. The quantitative estimate of drug-likeness (QED) is 0.772. The molecule has 0 spiro atoms. The number of fused-ring (bicyclic) bond motifs is 1.